The van der Waals surface area contributed by atoms with Gasteiger partial charge >= 0.3 is 0 Å². The van der Waals surface area contributed by atoms with Crippen LogP contribution in [0.4, 0.5) is 0 Å². The Bertz CT molecular complexity index is 1170. The van der Waals surface area contributed by atoms with E-state index in [9.17, 15) is 4.79 Å². The van der Waals surface area contributed by atoms with Crippen LogP contribution in [0, 0.1) is 0 Å². The van der Waals surface area contributed by atoms with E-state index in [2.05, 4.69) is 18.7 Å². The Morgan fingerprint density at radius 1 is 1.00 bits per heavy atom. The van der Waals surface area contributed by atoms with E-state index in [0.29, 0.717) is 11.9 Å². The number of hydrogen-bond donors (Lipinski definition) is 0. The number of benzene rings is 3. The lowest BCUT2D eigenvalue weighted by atomic mass is 10.1. The van der Waals surface area contributed by atoms with Gasteiger partial charge in [-0.05, 0) is 34.9 Å². The molecule has 4 rings (SSSR count). The van der Waals surface area contributed by atoms with Crippen LogP contribution in [0.25, 0.3) is 21.7 Å². The van der Waals surface area contributed by atoms with Crippen molar-refractivity contribution in [1.29, 1.82) is 0 Å². The van der Waals surface area contributed by atoms with Crippen molar-refractivity contribution in [3.63, 3.8) is 0 Å². The van der Waals surface area contributed by atoms with Gasteiger partial charge in [0.1, 0.15) is 0 Å². The quantitative estimate of drug-likeness (QED) is 0.205. The summed E-state index contributed by atoms with van der Waals surface area (Å²) in [6, 6.07) is 22.3. The SMILES string of the molecule is C=CCSc1nc2cc3ccccc3cc2c(=O)n1CCc1ccccc1. The molecule has 0 bridgehead atoms. The lowest BCUT2D eigenvalue weighted by molar-refractivity contribution is 0.596. The molecule has 0 aliphatic carbocycles. The van der Waals surface area contributed by atoms with E-state index in [1.54, 1.807) is 16.3 Å². The molecule has 1 aromatic heterocycles. The molecule has 27 heavy (non-hydrogen) atoms. The normalized spacial score (nSPS) is 11.1. The molecule has 0 fully saturated rings. The van der Waals surface area contributed by atoms with E-state index in [1.165, 1.54) is 5.56 Å². The van der Waals surface area contributed by atoms with Crippen LogP contribution in [0.1, 0.15) is 5.56 Å². The molecule has 0 aliphatic heterocycles. The zero-order valence-electron chi connectivity index (χ0n) is 15.0. The maximum absolute atomic E-state index is 13.3. The maximum atomic E-state index is 13.3. The fourth-order valence-electron chi connectivity index (χ4n) is 3.21. The van der Waals surface area contributed by atoms with Gasteiger partial charge in [-0.25, -0.2) is 4.98 Å². The van der Waals surface area contributed by atoms with E-state index in [1.807, 2.05) is 60.7 Å². The predicted molar refractivity (Wildman–Crippen MR) is 115 cm³/mol. The molecular formula is C23H20N2OS. The molecular weight excluding hydrogens is 352 g/mol. The van der Waals surface area contributed by atoms with Crippen molar-refractivity contribution in [1.82, 2.24) is 9.55 Å². The number of aryl methyl sites for hydroxylation is 1. The summed E-state index contributed by atoms with van der Waals surface area (Å²) in [5.74, 6) is 0.719. The summed E-state index contributed by atoms with van der Waals surface area (Å²) in [4.78, 5) is 18.1. The van der Waals surface area contributed by atoms with Crippen molar-refractivity contribution in [3.05, 3.63) is 95.3 Å². The molecule has 0 radical (unpaired) electrons. The van der Waals surface area contributed by atoms with Gasteiger partial charge < -0.3 is 0 Å². The number of aromatic nitrogens is 2. The third kappa shape index (κ3) is 3.67. The second kappa shape index (κ2) is 7.80. The number of rotatable bonds is 6. The fraction of sp³-hybridized carbons (Fsp3) is 0.130. The van der Waals surface area contributed by atoms with Crippen LogP contribution in [0.15, 0.2) is 89.3 Å². The Morgan fingerprint density at radius 3 is 2.44 bits per heavy atom. The third-order valence-electron chi connectivity index (χ3n) is 4.58. The van der Waals surface area contributed by atoms with Gasteiger partial charge in [0.25, 0.3) is 5.56 Å². The molecule has 0 unspecified atom stereocenters. The molecule has 0 N–H and O–H groups in total. The van der Waals surface area contributed by atoms with Crippen LogP contribution in [0.2, 0.25) is 0 Å². The highest BCUT2D eigenvalue weighted by Crippen LogP contribution is 2.23. The monoisotopic (exact) mass is 372 g/mol. The van der Waals surface area contributed by atoms with Crippen molar-refractivity contribution in [3.8, 4) is 0 Å². The van der Waals surface area contributed by atoms with Crippen LogP contribution in [-0.2, 0) is 13.0 Å². The molecule has 1 heterocycles. The van der Waals surface area contributed by atoms with Gasteiger partial charge in [-0.3, -0.25) is 9.36 Å². The Labute approximate surface area is 162 Å². The number of nitrogens with zero attached hydrogens (tertiary/aromatic N) is 2. The number of thioether (sulfide) groups is 1. The predicted octanol–water partition coefficient (Wildman–Crippen LogP) is 5.07. The summed E-state index contributed by atoms with van der Waals surface area (Å²) in [6.07, 6.45) is 2.63. The van der Waals surface area contributed by atoms with E-state index >= 15 is 0 Å². The van der Waals surface area contributed by atoms with Gasteiger partial charge in [0.2, 0.25) is 0 Å². The molecule has 4 heteroatoms. The second-order valence-corrected chi connectivity index (χ2v) is 7.39. The molecule has 0 spiro atoms. The van der Waals surface area contributed by atoms with Crippen LogP contribution in [0.3, 0.4) is 0 Å². The first kappa shape index (κ1) is 17.6. The van der Waals surface area contributed by atoms with Crippen molar-refractivity contribution in [2.75, 3.05) is 5.75 Å². The molecule has 4 aromatic rings. The maximum Gasteiger partial charge on any atom is 0.262 e. The van der Waals surface area contributed by atoms with Gasteiger partial charge in [-0.15, -0.1) is 6.58 Å². The Balaban J connectivity index is 1.83. The highest BCUT2D eigenvalue weighted by atomic mass is 32.2. The standard InChI is InChI=1S/C23H20N2OS/c1-2-14-27-23-24-21-16-19-11-7-6-10-18(19)15-20(21)22(26)25(23)13-12-17-8-4-3-5-9-17/h2-11,15-16H,1,12-14H2. The summed E-state index contributed by atoms with van der Waals surface area (Å²) in [5, 5.41) is 3.58. The van der Waals surface area contributed by atoms with Crippen molar-refractivity contribution in [2.45, 2.75) is 18.1 Å². The van der Waals surface area contributed by atoms with E-state index in [4.69, 9.17) is 4.98 Å². The summed E-state index contributed by atoms with van der Waals surface area (Å²) < 4.78 is 1.80. The summed E-state index contributed by atoms with van der Waals surface area (Å²) >= 11 is 1.55. The molecule has 0 atom stereocenters. The van der Waals surface area contributed by atoms with Gasteiger partial charge in [0.05, 0.1) is 10.9 Å². The molecule has 0 amide bonds. The van der Waals surface area contributed by atoms with E-state index in [0.717, 1.165) is 33.6 Å². The van der Waals surface area contributed by atoms with Crippen molar-refractivity contribution >= 4 is 33.4 Å². The molecule has 134 valence electrons. The van der Waals surface area contributed by atoms with Crippen molar-refractivity contribution in [2.24, 2.45) is 0 Å². The smallest absolute Gasteiger partial charge is 0.262 e. The second-order valence-electron chi connectivity index (χ2n) is 6.40. The average molecular weight is 372 g/mol. The molecule has 0 saturated heterocycles. The van der Waals surface area contributed by atoms with Gasteiger partial charge in [-0.1, -0.05) is 72.4 Å². The lowest BCUT2D eigenvalue weighted by Gasteiger charge is -2.13. The van der Waals surface area contributed by atoms with E-state index in [-0.39, 0.29) is 5.56 Å². The molecule has 0 aliphatic rings. The Morgan fingerprint density at radius 2 is 1.70 bits per heavy atom. The van der Waals surface area contributed by atoms with E-state index < -0.39 is 0 Å². The number of hydrogen-bond acceptors (Lipinski definition) is 3. The molecule has 3 nitrogen and oxygen atoms in total. The molecule has 3 aromatic carbocycles. The van der Waals surface area contributed by atoms with Gasteiger partial charge in [-0.2, -0.15) is 0 Å². The van der Waals surface area contributed by atoms with Crippen molar-refractivity contribution < 1.29 is 0 Å². The first-order valence-electron chi connectivity index (χ1n) is 8.97. The van der Waals surface area contributed by atoms with Crippen LogP contribution in [-0.4, -0.2) is 15.3 Å². The van der Waals surface area contributed by atoms with Gasteiger partial charge in [0.15, 0.2) is 5.16 Å². The Hall–Kier alpha value is -2.85. The first-order valence-corrected chi connectivity index (χ1v) is 9.96. The summed E-state index contributed by atoms with van der Waals surface area (Å²) in [5.41, 5.74) is 1.98. The number of fused-ring (bicyclic) bond motifs is 2. The Kier molecular flexibility index (Phi) is 5.07. The minimum Gasteiger partial charge on any atom is -0.287 e. The van der Waals surface area contributed by atoms with Crippen LogP contribution < -0.4 is 5.56 Å². The minimum absolute atomic E-state index is 0.0215. The largest absolute Gasteiger partial charge is 0.287 e. The average Bonchev–Trinajstić information content (AvgIpc) is 2.71. The first-order chi connectivity index (χ1) is 13.3. The van der Waals surface area contributed by atoms with Crippen LogP contribution >= 0.6 is 11.8 Å². The minimum atomic E-state index is 0.0215. The third-order valence-corrected chi connectivity index (χ3v) is 5.56. The summed E-state index contributed by atoms with van der Waals surface area (Å²) in [6.45, 7) is 4.40. The zero-order chi connectivity index (χ0) is 18.6. The topological polar surface area (TPSA) is 34.9 Å². The zero-order valence-corrected chi connectivity index (χ0v) is 15.8. The summed E-state index contributed by atoms with van der Waals surface area (Å²) in [7, 11) is 0. The molecule has 0 saturated carbocycles. The highest BCUT2D eigenvalue weighted by molar-refractivity contribution is 7.99. The highest BCUT2D eigenvalue weighted by Gasteiger charge is 2.12. The van der Waals surface area contributed by atoms with Gasteiger partial charge in [0, 0.05) is 12.3 Å². The fourth-order valence-corrected chi connectivity index (χ4v) is 3.97. The lowest BCUT2D eigenvalue weighted by Crippen LogP contribution is -2.24. The van der Waals surface area contributed by atoms with Crippen LogP contribution in [0.5, 0.6) is 0 Å².